The van der Waals surface area contributed by atoms with E-state index in [-0.39, 0.29) is 5.03 Å². The quantitative estimate of drug-likeness (QED) is 0.307. The van der Waals surface area contributed by atoms with Crippen molar-refractivity contribution in [2.24, 2.45) is 5.10 Å². The van der Waals surface area contributed by atoms with E-state index in [9.17, 15) is 14.4 Å². The summed E-state index contributed by atoms with van der Waals surface area (Å²) in [6, 6.07) is 16.0. The number of H-pyrrole nitrogens is 2. The van der Waals surface area contributed by atoms with E-state index in [1.807, 2.05) is 6.07 Å². The zero-order valence-electron chi connectivity index (χ0n) is 15.3. The van der Waals surface area contributed by atoms with Crippen LogP contribution in [-0.2, 0) is 4.79 Å². The minimum absolute atomic E-state index is 0.0345. The van der Waals surface area contributed by atoms with Gasteiger partial charge in [-0.3, -0.25) is 14.6 Å². The number of carbonyl (C=O) groups is 1. The molecule has 9 nitrogen and oxygen atoms in total. The number of hydrogen-bond donors (Lipinski definition) is 3. The third-order valence-corrected chi connectivity index (χ3v) is 4.98. The molecular formula is C19H17N5O4S. The second-order valence-electron chi connectivity index (χ2n) is 5.73. The van der Waals surface area contributed by atoms with E-state index in [1.54, 1.807) is 55.6 Å². The largest absolute Gasteiger partial charge is 0.497 e. The minimum Gasteiger partial charge on any atom is -0.497 e. The molecule has 2 aromatic carbocycles. The SMILES string of the molecule is COc1ccc(/C=N\NC(=O)C(Sc2n[nH]c(=O)[nH]c2=O)c2ccccc2)cc1. The number of benzene rings is 2. The van der Waals surface area contributed by atoms with Gasteiger partial charge in [0.25, 0.3) is 11.5 Å². The smallest absolute Gasteiger partial charge is 0.342 e. The number of rotatable bonds is 7. The van der Waals surface area contributed by atoms with Crippen molar-refractivity contribution in [2.75, 3.05) is 7.11 Å². The Balaban J connectivity index is 1.78. The predicted molar refractivity (Wildman–Crippen MR) is 109 cm³/mol. The highest BCUT2D eigenvalue weighted by molar-refractivity contribution is 8.00. The Morgan fingerprint density at radius 2 is 1.90 bits per heavy atom. The first-order valence-corrected chi connectivity index (χ1v) is 9.32. The number of ether oxygens (including phenoxy) is 1. The van der Waals surface area contributed by atoms with E-state index < -0.39 is 22.4 Å². The Bertz CT molecular complexity index is 1110. The number of nitrogens with one attached hydrogen (secondary N) is 3. The summed E-state index contributed by atoms with van der Waals surface area (Å²) >= 11 is 0.909. The average Bonchev–Trinajstić information content (AvgIpc) is 2.74. The molecule has 0 aliphatic heterocycles. The van der Waals surface area contributed by atoms with Crippen LogP contribution < -0.4 is 21.4 Å². The normalized spacial score (nSPS) is 11.9. The van der Waals surface area contributed by atoms with Crippen molar-refractivity contribution in [1.29, 1.82) is 0 Å². The number of thioether (sulfide) groups is 1. The van der Waals surface area contributed by atoms with Gasteiger partial charge in [0.2, 0.25) is 0 Å². The van der Waals surface area contributed by atoms with Crippen LogP contribution in [0.4, 0.5) is 0 Å². The lowest BCUT2D eigenvalue weighted by molar-refractivity contribution is -0.120. The lowest BCUT2D eigenvalue weighted by Gasteiger charge is -2.14. The molecule has 1 aromatic heterocycles. The first-order chi connectivity index (χ1) is 14.1. The molecule has 3 rings (SSSR count). The van der Waals surface area contributed by atoms with E-state index in [1.165, 1.54) is 6.21 Å². The van der Waals surface area contributed by atoms with Gasteiger partial charge < -0.3 is 4.74 Å². The molecule has 3 aromatic rings. The van der Waals surface area contributed by atoms with Gasteiger partial charge in [0.05, 0.1) is 13.3 Å². The molecule has 0 saturated heterocycles. The van der Waals surface area contributed by atoms with Crippen LogP contribution in [0.3, 0.4) is 0 Å². The molecule has 0 aliphatic carbocycles. The van der Waals surface area contributed by atoms with Crippen molar-refractivity contribution in [3.05, 3.63) is 86.6 Å². The molecule has 0 aliphatic rings. The molecule has 29 heavy (non-hydrogen) atoms. The topological polar surface area (TPSA) is 129 Å². The summed E-state index contributed by atoms with van der Waals surface area (Å²) < 4.78 is 5.09. The molecule has 0 radical (unpaired) electrons. The van der Waals surface area contributed by atoms with Gasteiger partial charge in [-0.25, -0.2) is 15.3 Å². The maximum atomic E-state index is 12.7. The van der Waals surface area contributed by atoms with Crippen LogP contribution in [-0.4, -0.2) is 34.4 Å². The number of nitrogens with zero attached hydrogens (tertiary/aromatic N) is 2. The molecule has 1 unspecified atom stereocenters. The Morgan fingerprint density at radius 1 is 1.17 bits per heavy atom. The van der Waals surface area contributed by atoms with Crippen LogP contribution >= 0.6 is 11.8 Å². The van der Waals surface area contributed by atoms with Gasteiger partial charge in [-0.05, 0) is 35.4 Å². The van der Waals surface area contributed by atoms with Gasteiger partial charge in [0.1, 0.15) is 11.0 Å². The molecule has 1 amide bonds. The predicted octanol–water partition coefficient (Wildman–Crippen LogP) is 1.45. The first kappa shape index (κ1) is 20.1. The minimum atomic E-state index is -0.802. The molecule has 0 saturated carbocycles. The summed E-state index contributed by atoms with van der Waals surface area (Å²) in [6.45, 7) is 0. The van der Waals surface area contributed by atoms with Crippen molar-refractivity contribution >= 4 is 23.9 Å². The van der Waals surface area contributed by atoms with Gasteiger partial charge in [-0.2, -0.15) is 10.2 Å². The van der Waals surface area contributed by atoms with E-state index in [0.29, 0.717) is 11.3 Å². The van der Waals surface area contributed by atoms with E-state index in [0.717, 1.165) is 17.3 Å². The van der Waals surface area contributed by atoms with Crippen LogP contribution in [0.2, 0.25) is 0 Å². The fourth-order valence-electron chi connectivity index (χ4n) is 2.35. The highest BCUT2D eigenvalue weighted by Gasteiger charge is 2.24. The molecule has 1 atom stereocenters. The maximum Gasteiger partial charge on any atom is 0.342 e. The Labute approximate surface area is 169 Å². The Hall–Kier alpha value is -3.66. The van der Waals surface area contributed by atoms with E-state index >= 15 is 0 Å². The van der Waals surface area contributed by atoms with Crippen LogP contribution in [0.25, 0.3) is 0 Å². The standard InChI is InChI=1S/C19H17N5O4S/c1-28-14-9-7-12(8-10-14)11-20-22-16(25)15(13-5-3-2-4-6-13)29-18-17(26)21-19(27)24-23-18/h2-11,15H,1H3,(H,22,25)(H2,21,24,26,27)/b20-11-. The van der Waals surface area contributed by atoms with Crippen molar-refractivity contribution in [3.8, 4) is 5.75 Å². The van der Waals surface area contributed by atoms with Crippen molar-refractivity contribution < 1.29 is 9.53 Å². The number of methoxy groups -OCH3 is 1. The highest BCUT2D eigenvalue weighted by atomic mass is 32.2. The van der Waals surface area contributed by atoms with Gasteiger partial charge in [-0.15, -0.1) is 0 Å². The number of hydrazone groups is 1. The zero-order valence-corrected chi connectivity index (χ0v) is 16.1. The van der Waals surface area contributed by atoms with Crippen molar-refractivity contribution in [2.45, 2.75) is 10.3 Å². The number of aromatic amines is 2. The average molecular weight is 411 g/mol. The molecule has 0 bridgehead atoms. The lowest BCUT2D eigenvalue weighted by Crippen LogP contribution is -2.28. The van der Waals surface area contributed by atoms with E-state index in [2.05, 4.69) is 25.7 Å². The number of aromatic nitrogens is 3. The summed E-state index contributed by atoms with van der Waals surface area (Å²) in [6.07, 6.45) is 1.50. The first-order valence-electron chi connectivity index (χ1n) is 8.44. The summed E-state index contributed by atoms with van der Waals surface area (Å²) in [5.74, 6) is 0.267. The van der Waals surface area contributed by atoms with Gasteiger partial charge >= 0.3 is 5.69 Å². The van der Waals surface area contributed by atoms with Gasteiger partial charge in [0, 0.05) is 0 Å². The molecule has 1 heterocycles. The molecule has 3 N–H and O–H groups in total. The summed E-state index contributed by atoms with van der Waals surface area (Å²) in [4.78, 5) is 37.9. The number of hydrogen-bond acceptors (Lipinski definition) is 7. The lowest BCUT2D eigenvalue weighted by atomic mass is 10.1. The van der Waals surface area contributed by atoms with Crippen LogP contribution in [0.15, 0.2) is 74.3 Å². The van der Waals surface area contributed by atoms with Gasteiger partial charge in [0.15, 0.2) is 5.03 Å². The maximum absolute atomic E-state index is 12.7. The van der Waals surface area contributed by atoms with Crippen molar-refractivity contribution in [1.82, 2.24) is 20.6 Å². The van der Waals surface area contributed by atoms with Crippen molar-refractivity contribution in [3.63, 3.8) is 0 Å². The third-order valence-electron chi connectivity index (χ3n) is 3.75. The number of carbonyl (C=O) groups excluding carboxylic acids is 1. The second-order valence-corrected chi connectivity index (χ2v) is 6.82. The van der Waals surface area contributed by atoms with Crippen LogP contribution in [0.5, 0.6) is 5.75 Å². The molecule has 148 valence electrons. The fourth-order valence-corrected chi connectivity index (χ4v) is 3.28. The molecule has 0 spiro atoms. The monoisotopic (exact) mass is 411 g/mol. The molecular weight excluding hydrogens is 394 g/mol. The Morgan fingerprint density at radius 3 is 2.55 bits per heavy atom. The van der Waals surface area contributed by atoms with Crippen LogP contribution in [0, 0.1) is 0 Å². The summed E-state index contributed by atoms with van der Waals surface area (Å²) in [5.41, 5.74) is 2.51. The molecule has 0 fully saturated rings. The summed E-state index contributed by atoms with van der Waals surface area (Å²) in [5, 5.41) is 9.02. The second kappa shape index (κ2) is 9.51. The number of amides is 1. The highest BCUT2D eigenvalue weighted by Crippen LogP contribution is 2.32. The zero-order chi connectivity index (χ0) is 20.6. The summed E-state index contributed by atoms with van der Waals surface area (Å²) in [7, 11) is 1.58. The van der Waals surface area contributed by atoms with E-state index in [4.69, 9.17) is 4.74 Å². The third kappa shape index (κ3) is 5.42. The Kier molecular flexibility index (Phi) is 6.59. The fraction of sp³-hybridized carbons (Fsp3) is 0.105. The van der Waals surface area contributed by atoms with Gasteiger partial charge in [-0.1, -0.05) is 42.1 Å². The van der Waals surface area contributed by atoms with Crippen LogP contribution in [0.1, 0.15) is 16.4 Å². The molecule has 10 heteroatoms.